The smallest absolute Gasteiger partial charge is 0.262 e. The van der Waals surface area contributed by atoms with Crippen molar-refractivity contribution in [2.75, 3.05) is 11.8 Å². The molecule has 3 aromatic carbocycles. The largest absolute Gasteiger partial charge is 0.497 e. The Morgan fingerprint density at radius 2 is 1.59 bits per heavy atom. The SMILES string of the molecule is COc1ccc(S(=O)(=O)Nc2cccc3c(=O)c4ccccc4oc23)cc1. The molecule has 0 aliphatic rings. The predicted octanol–water partition coefficient (Wildman–Crippen LogP) is 3.76. The van der Waals surface area contributed by atoms with Crippen LogP contribution in [0.4, 0.5) is 5.69 Å². The molecule has 27 heavy (non-hydrogen) atoms. The summed E-state index contributed by atoms with van der Waals surface area (Å²) in [5.41, 5.74) is 0.577. The van der Waals surface area contributed by atoms with E-state index < -0.39 is 10.0 Å². The van der Waals surface area contributed by atoms with Gasteiger partial charge in [0, 0.05) is 0 Å². The third kappa shape index (κ3) is 3.02. The Bertz CT molecular complexity index is 1310. The van der Waals surface area contributed by atoms with Gasteiger partial charge in [-0.25, -0.2) is 8.42 Å². The van der Waals surface area contributed by atoms with E-state index in [2.05, 4.69) is 4.72 Å². The first-order valence-electron chi connectivity index (χ1n) is 8.11. The van der Waals surface area contributed by atoms with Gasteiger partial charge in [0.25, 0.3) is 10.0 Å². The molecule has 4 aromatic rings. The van der Waals surface area contributed by atoms with E-state index in [9.17, 15) is 13.2 Å². The van der Waals surface area contributed by atoms with Crippen LogP contribution in [0, 0.1) is 0 Å². The van der Waals surface area contributed by atoms with Gasteiger partial charge in [-0.15, -0.1) is 0 Å². The Labute approximate surface area is 155 Å². The van der Waals surface area contributed by atoms with Crippen molar-refractivity contribution in [1.29, 1.82) is 0 Å². The Morgan fingerprint density at radius 1 is 0.889 bits per heavy atom. The second kappa shape index (κ2) is 6.44. The number of methoxy groups -OCH3 is 1. The third-order valence-electron chi connectivity index (χ3n) is 4.22. The topological polar surface area (TPSA) is 85.6 Å². The van der Waals surface area contributed by atoms with Gasteiger partial charge in [0.1, 0.15) is 11.3 Å². The fourth-order valence-electron chi connectivity index (χ4n) is 2.86. The summed E-state index contributed by atoms with van der Waals surface area (Å²) in [6.07, 6.45) is 0. The quantitative estimate of drug-likeness (QED) is 0.544. The molecule has 0 fully saturated rings. The summed E-state index contributed by atoms with van der Waals surface area (Å²) < 4.78 is 38.8. The highest BCUT2D eigenvalue weighted by Crippen LogP contribution is 2.27. The standard InChI is InChI=1S/C20H15NO5S/c1-25-13-9-11-14(12-10-13)27(23,24)21-17-7-4-6-16-19(22)15-5-2-3-8-18(15)26-20(16)17/h2-12,21H,1H3. The Hall–Kier alpha value is -3.32. The van der Waals surface area contributed by atoms with E-state index in [0.29, 0.717) is 22.1 Å². The average Bonchev–Trinajstić information content (AvgIpc) is 2.69. The van der Waals surface area contributed by atoms with Gasteiger partial charge in [-0.2, -0.15) is 0 Å². The number of rotatable bonds is 4. The highest BCUT2D eigenvalue weighted by Gasteiger charge is 2.18. The predicted molar refractivity (Wildman–Crippen MR) is 104 cm³/mol. The zero-order valence-corrected chi connectivity index (χ0v) is 15.1. The first kappa shape index (κ1) is 17.1. The van der Waals surface area contributed by atoms with Gasteiger partial charge < -0.3 is 9.15 Å². The van der Waals surface area contributed by atoms with Crippen LogP contribution < -0.4 is 14.9 Å². The molecule has 0 aliphatic heterocycles. The van der Waals surface area contributed by atoms with Gasteiger partial charge >= 0.3 is 0 Å². The molecule has 1 heterocycles. The maximum atomic E-state index is 12.7. The molecule has 1 aromatic heterocycles. The van der Waals surface area contributed by atoms with Crippen molar-refractivity contribution in [2.45, 2.75) is 4.90 Å². The number of para-hydroxylation sites is 2. The highest BCUT2D eigenvalue weighted by atomic mass is 32.2. The molecule has 0 saturated carbocycles. The van der Waals surface area contributed by atoms with Crippen LogP contribution in [0.25, 0.3) is 21.9 Å². The monoisotopic (exact) mass is 381 g/mol. The number of sulfonamides is 1. The van der Waals surface area contributed by atoms with Gasteiger partial charge in [0.05, 0.1) is 28.5 Å². The van der Waals surface area contributed by atoms with Gasteiger partial charge in [0.15, 0.2) is 5.58 Å². The Balaban J connectivity index is 1.85. The van der Waals surface area contributed by atoms with Crippen LogP contribution in [0.3, 0.4) is 0 Å². The van der Waals surface area contributed by atoms with Crippen molar-refractivity contribution >= 4 is 37.6 Å². The number of fused-ring (bicyclic) bond motifs is 2. The zero-order chi connectivity index (χ0) is 19.0. The van der Waals surface area contributed by atoms with Crippen molar-refractivity contribution in [3.63, 3.8) is 0 Å². The molecule has 0 bridgehead atoms. The summed E-state index contributed by atoms with van der Waals surface area (Å²) in [6.45, 7) is 0. The molecule has 0 radical (unpaired) electrons. The van der Waals surface area contributed by atoms with E-state index in [4.69, 9.17) is 9.15 Å². The summed E-state index contributed by atoms with van der Waals surface area (Å²) >= 11 is 0. The fraction of sp³-hybridized carbons (Fsp3) is 0.0500. The molecular formula is C20H15NO5S. The van der Waals surface area contributed by atoms with E-state index in [1.165, 1.54) is 19.2 Å². The van der Waals surface area contributed by atoms with Crippen LogP contribution in [-0.2, 0) is 10.0 Å². The normalized spacial score (nSPS) is 11.6. The molecule has 136 valence electrons. The number of benzene rings is 3. The molecule has 0 unspecified atom stereocenters. The van der Waals surface area contributed by atoms with Crippen LogP contribution >= 0.6 is 0 Å². The van der Waals surface area contributed by atoms with E-state index >= 15 is 0 Å². The number of hydrogen-bond donors (Lipinski definition) is 1. The molecule has 0 spiro atoms. The molecular weight excluding hydrogens is 366 g/mol. The number of nitrogens with one attached hydrogen (secondary N) is 1. The lowest BCUT2D eigenvalue weighted by molar-refractivity contribution is 0.414. The Kier molecular flexibility index (Phi) is 4.08. The molecule has 0 amide bonds. The average molecular weight is 381 g/mol. The van der Waals surface area contributed by atoms with E-state index in [0.717, 1.165) is 0 Å². The van der Waals surface area contributed by atoms with Crippen LogP contribution in [-0.4, -0.2) is 15.5 Å². The Morgan fingerprint density at radius 3 is 2.33 bits per heavy atom. The van der Waals surface area contributed by atoms with Crippen molar-refractivity contribution in [3.05, 3.63) is 77.0 Å². The van der Waals surface area contributed by atoms with Crippen molar-refractivity contribution in [2.24, 2.45) is 0 Å². The van der Waals surface area contributed by atoms with Crippen LogP contribution in [0.15, 0.2) is 80.8 Å². The van der Waals surface area contributed by atoms with Crippen LogP contribution in [0.5, 0.6) is 5.75 Å². The maximum absolute atomic E-state index is 12.7. The number of hydrogen-bond acceptors (Lipinski definition) is 5. The minimum absolute atomic E-state index is 0.0726. The molecule has 1 N–H and O–H groups in total. The minimum atomic E-state index is -3.86. The van der Waals surface area contributed by atoms with Crippen molar-refractivity contribution in [1.82, 2.24) is 0 Å². The summed E-state index contributed by atoms with van der Waals surface area (Å²) in [5.74, 6) is 0.552. The van der Waals surface area contributed by atoms with Gasteiger partial charge in [-0.1, -0.05) is 18.2 Å². The van der Waals surface area contributed by atoms with Gasteiger partial charge in [-0.05, 0) is 48.5 Å². The molecule has 6 nitrogen and oxygen atoms in total. The molecule has 4 rings (SSSR count). The lowest BCUT2D eigenvalue weighted by atomic mass is 10.1. The van der Waals surface area contributed by atoms with E-state index in [1.807, 2.05) is 0 Å². The second-order valence-electron chi connectivity index (χ2n) is 5.89. The lowest BCUT2D eigenvalue weighted by Gasteiger charge is -2.11. The number of ether oxygens (including phenoxy) is 1. The van der Waals surface area contributed by atoms with Crippen LogP contribution in [0.2, 0.25) is 0 Å². The molecule has 0 aliphatic carbocycles. The third-order valence-corrected chi connectivity index (χ3v) is 5.60. The van der Waals surface area contributed by atoms with Crippen molar-refractivity contribution < 1.29 is 17.6 Å². The molecule has 0 atom stereocenters. The highest BCUT2D eigenvalue weighted by molar-refractivity contribution is 7.92. The maximum Gasteiger partial charge on any atom is 0.262 e. The number of anilines is 1. The summed E-state index contributed by atoms with van der Waals surface area (Å²) in [6, 6.07) is 17.6. The van der Waals surface area contributed by atoms with Crippen LogP contribution in [0.1, 0.15) is 0 Å². The summed E-state index contributed by atoms with van der Waals surface area (Å²) in [7, 11) is -2.36. The van der Waals surface area contributed by atoms with E-state index in [1.54, 1.807) is 54.6 Å². The lowest BCUT2D eigenvalue weighted by Crippen LogP contribution is -2.14. The zero-order valence-electron chi connectivity index (χ0n) is 14.3. The minimum Gasteiger partial charge on any atom is -0.497 e. The van der Waals surface area contributed by atoms with E-state index in [-0.39, 0.29) is 21.6 Å². The molecule has 7 heteroatoms. The van der Waals surface area contributed by atoms with Gasteiger partial charge in [-0.3, -0.25) is 9.52 Å². The van der Waals surface area contributed by atoms with Gasteiger partial charge in [0.2, 0.25) is 5.43 Å². The first-order valence-corrected chi connectivity index (χ1v) is 9.59. The molecule has 0 saturated heterocycles. The van der Waals surface area contributed by atoms with Crippen molar-refractivity contribution in [3.8, 4) is 5.75 Å². The second-order valence-corrected chi connectivity index (χ2v) is 7.57. The fourth-order valence-corrected chi connectivity index (χ4v) is 3.93. The first-order chi connectivity index (χ1) is 13.0. The summed E-state index contributed by atoms with van der Waals surface area (Å²) in [4.78, 5) is 12.8. The summed E-state index contributed by atoms with van der Waals surface area (Å²) in [5, 5.41) is 0.754.